The molecule has 0 amide bonds. The molecule has 0 aromatic carbocycles. The molecule has 2 fully saturated rings. The van der Waals surface area contributed by atoms with Crippen molar-refractivity contribution in [3.8, 4) is 0 Å². The zero-order valence-corrected chi connectivity index (χ0v) is 15.9. The zero-order valence-electron chi connectivity index (χ0n) is 14.3. The van der Waals surface area contributed by atoms with E-state index in [9.17, 15) is 4.79 Å². The second-order valence-corrected chi connectivity index (χ2v) is 9.17. The minimum absolute atomic E-state index is 0.130. The lowest BCUT2D eigenvalue weighted by atomic mass is 9.45. The molecule has 0 saturated heterocycles. The number of rotatable bonds is 3. The molecule has 0 N–H and O–H groups in total. The van der Waals surface area contributed by atoms with E-state index in [2.05, 4.69) is 43.6 Å². The van der Waals surface area contributed by atoms with Crippen LogP contribution < -0.4 is 0 Å². The maximum absolute atomic E-state index is 11.6. The molecule has 0 aliphatic heterocycles. The smallest absolute Gasteiger partial charge is 0.303 e. The van der Waals surface area contributed by atoms with Gasteiger partial charge in [-0.15, -0.1) is 0 Å². The van der Waals surface area contributed by atoms with E-state index >= 15 is 0 Å². The standard InChI is InChI=1S/C18H31BrO2/c1-13(20)21-18(5)11-7-14-16(2,3)9-6-10-17(14,4)15(18)8-12-19/h14-15H,6-12H2,1-5H3/t14-,15+,17-,18-/m0/s1. The van der Waals surface area contributed by atoms with E-state index in [0.717, 1.165) is 24.1 Å². The summed E-state index contributed by atoms with van der Waals surface area (Å²) in [5.74, 6) is 1.06. The summed E-state index contributed by atoms with van der Waals surface area (Å²) >= 11 is 3.63. The van der Waals surface area contributed by atoms with Gasteiger partial charge in [0.05, 0.1) is 0 Å². The van der Waals surface area contributed by atoms with Crippen molar-refractivity contribution >= 4 is 21.9 Å². The van der Waals surface area contributed by atoms with Gasteiger partial charge in [0.1, 0.15) is 5.60 Å². The van der Waals surface area contributed by atoms with Crippen molar-refractivity contribution in [3.05, 3.63) is 0 Å². The van der Waals surface area contributed by atoms with E-state index in [1.807, 2.05) is 0 Å². The van der Waals surface area contributed by atoms with Crippen molar-refractivity contribution in [2.45, 2.75) is 78.7 Å². The first kappa shape index (κ1) is 17.3. The predicted molar refractivity (Wildman–Crippen MR) is 90.5 cm³/mol. The summed E-state index contributed by atoms with van der Waals surface area (Å²) in [5, 5.41) is 0.983. The molecule has 0 heterocycles. The van der Waals surface area contributed by atoms with Gasteiger partial charge in [-0.2, -0.15) is 0 Å². The van der Waals surface area contributed by atoms with Crippen LogP contribution in [0.2, 0.25) is 0 Å². The highest BCUT2D eigenvalue weighted by Gasteiger charge is 2.59. The van der Waals surface area contributed by atoms with Crippen LogP contribution in [-0.4, -0.2) is 16.9 Å². The molecule has 2 saturated carbocycles. The first-order valence-electron chi connectivity index (χ1n) is 8.41. The van der Waals surface area contributed by atoms with Gasteiger partial charge in [-0.05, 0) is 55.8 Å². The van der Waals surface area contributed by atoms with Gasteiger partial charge < -0.3 is 4.74 Å². The molecule has 0 aromatic rings. The molecule has 2 nitrogen and oxygen atoms in total. The summed E-state index contributed by atoms with van der Waals surface area (Å²) in [6.07, 6.45) is 7.19. The largest absolute Gasteiger partial charge is 0.459 e. The summed E-state index contributed by atoms with van der Waals surface area (Å²) in [5.41, 5.74) is 0.408. The number of halogens is 1. The monoisotopic (exact) mass is 358 g/mol. The highest BCUT2D eigenvalue weighted by Crippen LogP contribution is 2.63. The molecule has 2 rings (SSSR count). The molecule has 0 bridgehead atoms. The molecule has 2 aliphatic carbocycles. The Kier molecular flexibility index (Phi) is 4.83. The third-order valence-corrected chi connectivity index (χ3v) is 6.97. The summed E-state index contributed by atoms with van der Waals surface area (Å²) in [4.78, 5) is 11.6. The number of hydrogen-bond acceptors (Lipinski definition) is 2. The van der Waals surface area contributed by atoms with Gasteiger partial charge >= 0.3 is 5.97 Å². The summed E-state index contributed by atoms with van der Waals surface area (Å²) < 4.78 is 5.87. The van der Waals surface area contributed by atoms with Crippen molar-refractivity contribution in [1.82, 2.24) is 0 Å². The fourth-order valence-corrected chi connectivity index (χ4v) is 6.26. The molecule has 4 atom stereocenters. The minimum Gasteiger partial charge on any atom is -0.459 e. The lowest BCUT2D eigenvalue weighted by Crippen LogP contribution is -2.58. The molecule has 3 heteroatoms. The van der Waals surface area contributed by atoms with Gasteiger partial charge in [0, 0.05) is 18.2 Å². The minimum atomic E-state index is -0.293. The molecule has 0 spiro atoms. The molecule has 0 aromatic heterocycles. The number of esters is 1. The lowest BCUT2D eigenvalue weighted by Gasteiger charge is -2.61. The van der Waals surface area contributed by atoms with Crippen LogP contribution in [0.1, 0.15) is 73.1 Å². The Bertz CT molecular complexity index is 406. The molecule has 21 heavy (non-hydrogen) atoms. The van der Waals surface area contributed by atoms with Crippen LogP contribution in [0.15, 0.2) is 0 Å². The first-order chi connectivity index (χ1) is 9.66. The first-order valence-corrected chi connectivity index (χ1v) is 9.53. The maximum Gasteiger partial charge on any atom is 0.303 e. The average Bonchev–Trinajstić information content (AvgIpc) is 2.32. The van der Waals surface area contributed by atoms with Crippen molar-refractivity contribution in [2.75, 3.05) is 5.33 Å². The lowest BCUT2D eigenvalue weighted by molar-refractivity contribution is -0.198. The highest BCUT2D eigenvalue weighted by molar-refractivity contribution is 9.09. The van der Waals surface area contributed by atoms with Gasteiger partial charge in [-0.3, -0.25) is 4.79 Å². The van der Waals surface area contributed by atoms with Crippen molar-refractivity contribution in [1.29, 1.82) is 0 Å². The third-order valence-electron chi connectivity index (χ3n) is 6.51. The van der Waals surface area contributed by atoms with Gasteiger partial charge in [0.2, 0.25) is 0 Å². The molecule has 0 unspecified atom stereocenters. The number of carbonyl (C=O) groups is 1. The van der Waals surface area contributed by atoms with Gasteiger partial charge in [-0.1, -0.05) is 43.1 Å². The van der Waals surface area contributed by atoms with E-state index in [4.69, 9.17) is 4.74 Å². The van der Waals surface area contributed by atoms with Crippen LogP contribution in [0.3, 0.4) is 0 Å². The average molecular weight is 359 g/mol. The zero-order chi connectivity index (χ0) is 15.9. The van der Waals surface area contributed by atoms with Crippen LogP contribution in [-0.2, 0) is 9.53 Å². The second-order valence-electron chi connectivity index (χ2n) is 8.38. The Hall–Kier alpha value is -0.0500. The predicted octanol–water partition coefficient (Wildman–Crippen LogP) is 5.34. The Morgan fingerprint density at radius 3 is 2.43 bits per heavy atom. The van der Waals surface area contributed by atoms with Crippen molar-refractivity contribution in [2.24, 2.45) is 22.7 Å². The number of alkyl halides is 1. The third kappa shape index (κ3) is 3.04. The Balaban J connectivity index is 2.38. The summed E-state index contributed by atoms with van der Waals surface area (Å²) in [6.45, 7) is 11.1. The van der Waals surface area contributed by atoms with Crippen LogP contribution in [0.5, 0.6) is 0 Å². The number of carbonyl (C=O) groups excluding carboxylic acids is 1. The fraction of sp³-hybridized carbons (Fsp3) is 0.944. The van der Waals surface area contributed by atoms with E-state index < -0.39 is 0 Å². The van der Waals surface area contributed by atoms with E-state index in [-0.39, 0.29) is 17.0 Å². The molecule has 122 valence electrons. The molecule has 2 aliphatic rings. The summed E-state index contributed by atoms with van der Waals surface area (Å²) in [7, 11) is 0. The Morgan fingerprint density at radius 2 is 1.86 bits per heavy atom. The normalized spacial score (nSPS) is 42.2. The highest BCUT2D eigenvalue weighted by atomic mass is 79.9. The molecule has 0 radical (unpaired) electrons. The quantitative estimate of drug-likeness (QED) is 0.502. The number of ether oxygens (including phenoxy) is 1. The van der Waals surface area contributed by atoms with Gasteiger partial charge in [0.25, 0.3) is 0 Å². The van der Waals surface area contributed by atoms with E-state index in [1.165, 1.54) is 25.7 Å². The molecular formula is C18H31BrO2. The van der Waals surface area contributed by atoms with E-state index in [0.29, 0.717) is 11.3 Å². The number of fused-ring (bicyclic) bond motifs is 1. The van der Waals surface area contributed by atoms with Crippen LogP contribution in [0.25, 0.3) is 0 Å². The maximum atomic E-state index is 11.6. The van der Waals surface area contributed by atoms with Crippen molar-refractivity contribution in [3.63, 3.8) is 0 Å². The van der Waals surface area contributed by atoms with Crippen molar-refractivity contribution < 1.29 is 9.53 Å². The van der Waals surface area contributed by atoms with E-state index in [1.54, 1.807) is 6.92 Å². The number of hydrogen-bond donors (Lipinski definition) is 0. The topological polar surface area (TPSA) is 26.3 Å². The summed E-state index contributed by atoms with van der Waals surface area (Å²) in [6, 6.07) is 0. The van der Waals surface area contributed by atoms with Crippen LogP contribution >= 0.6 is 15.9 Å². The fourth-order valence-electron chi connectivity index (χ4n) is 5.80. The van der Waals surface area contributed by atoms with Crippen LogP contribution in [0.4, 0.5) is 0 Å². The van der Waals surface area contributed by atoms with Crippen LogP contribution in [0, 0.1) is 22.7 Å². The molecular weight excluding hydrogens is 328 g/mol. The Morgan fingerprint density at radius 1 is 1.19 bits per heavy atom. The Labute approximate surface area is 138 Å². The van der Waals surface area contributed by atoms with Gasteiger partial charge in [0.15, 0.2) is 0 Å². The second kappa shape index (κ2) is 5.86. The SMILES string of the molecule is CC(=O)O[C@@]1(C)CC[C@H]2C(C)(C)CCC[C@]2(C)[C@H]1CCBr. The van der Waals surface area contributed by atoms with Gasteiger partial charge in [-0.25, -0.2) is 0 Å².